The minimum absolute atomic E-state index is 0.294. The number of benzene rings is 2. The molecule has 102 valence electrons. The second-order valence-electron chi connectivity index (χ2n) is 4.87. The van der Waals surface area contributed by atoms with Gasteiger partial charge in [0.1, 0.15) is 17.2 Å². The first-order chi connectivity index (χ1) is 9.52. The Labute approximate surface area is 121 Å². The normalized spacial score (nSPS) is 12.8. The van der Waals surface area contributed by atoms with Gasteiger partial charge < -0.3 is 10.2 Å². The Balaban J connectivity index is 2.05. The summed E-state index contributed by atoms with van der Waals surface area (Å²) in [4.78, 5) is 0. The maximum Gasteiger partial charge on any atom is 0.134 e. The molecule has 1 unspecified atom stereocenters. The van der Waals surface area contributed by atoms with Crippen LogP contribution in [0.25, 0.3) is 11.0 Å². The van der Waals surface area contributed by atoms with Gasteiger partial charge in [0.25, 0.3) is 0 Å². The number of rotatable bonds is 2. The van der Waals surface area contributed by atoms with Crippen LogP contribution in [0.15, 0.2) is 46.9 Å². The fourth-order valence-electron chi connectivity index (χ4n) is 2.30. The van der Waals surface area contributed by atoms with Crippen molar-refractivity contribution >= 4 is 22.6 Å². The topological polar surface area (TPSA) is 39.2 Å². The van der Waals surface area contributed by atoms with Gasteiger partial charge in [0.2, 0.25) is 0 Å². The Morgan fingerprint density at radius 3 is 2.70 bits per heavy atom. The highest BCUT2D eigenvalue weighted by atomic mass is 35.5. The van der Waals surface area contributed by atoms with Crippen molar-refractivity contribution < 1.29 is 8.81 Å². The number of furan rings is 1. The molecule has 0 radical (unpaired) electrons. The standard InChI is InChI=1S/C16H13ClFNO/c1-9-4-11(6-12(17)5-9)16(19)15-8-10-7-13(18)2-3-14(10)20-15/h2-8,16H,19H2,1H3. The maximum absolute atomic E-state index is 13.2. The molecule has 0 saturated heterocycles. The average molecular weight is 290 g/mol. The van der Waals surface area contributed by atoms with E-state index >= 15 is 0 Å². The molecule has 2 nitrogen and oxygen atoms in total. The summed E-state index contributed by atoms with van der Waals surface area (Å²) in [6, 6.07) is 11.4. The van der Waals surface area contributed by atoms with E-state index in [0.717, 1.165) is 11.1 Å². The quantitative estimate of drug-likeness (QED) is 0.750. The lowest BCUT2D eigenvalue weighted by atomic mass is 10.0. The molecule has 1 heterocycles. The zero-order valence-corrected chi connectivity index (χ0v) is 11.6. The summed E-state index contributed by atoms with van der Waals surface area (Å²) in [5.41, 5.74) is 8.73. The minimum atomic E-state index is -0.428. The number of hydrogen-bond donors (Lipinski definition) is 1. The van der Waals surface area contributed by atoms with Crippen LogP contribution >= 0.6 is 11.6 Å². The summed E-state index contributed by atoms with van der Waals surface area (Å²) in [6.45, 7) is 1.95. The van der Waals surface area contributed by atoms with E-state index in [1.54, 1.807) is 12.1 Å². The summed E-state index contributed by atoms with van der Waals surface area (Å²) in [5.74, 6) is 0.296. The van der Waals surface area contributed by atoms with Crippen LogP contribution in [-0.4, -0.2) is 0 Å². The molecule has 0 saturated carbocycles. The molecule has 0 aliphatic rings. The van der Waals surface area contributed by atoms with Crippen LogP contribution in [0.5, 0.6) is 0 Å². The van der Waals surface area contributed by atoms with E-state index < -0.39 is 6.04 Å². The highest BCUT2D eigenvalue weighted by molar-refractivity contribution is 6.30. The van der Waals surface area contributed by atoms with Crippen LogP contribution in [0.2, 0.25) is 5.02 Å². The number of aryl methyl sites for hydroxylation is 1. The van der Waals surface area contributed by atoms with Gasteiger partial charge >= 0.3 is 0 Å². The molecule has 0 fully saturated rings. The van der Waals surface area contributed by atoms with Crippen LogP contribution in [0.4, 0.5) is 4.39 Å². The molecule has 0 aliphatic heterocycles. The van der Waals surface area contributed by atoms with Gasteiger partial charge in [-0.3, -0.25) is 0 Å². The predicted molar refractivity (Wildman–Crippen MR) is 78.4 cm³/mol. The first-order valence-electron chi connectivity index (χ1n) is 6.24. The SMILES string of the molecule is Cc1cc(Cl)cc(C(N)c2cc3cc(F)ccc3o2)c1. The number of nitrogens with two attached hydrogens (primary N) is 1. The maximum atomic E-state index is 13.2. The van der Waals surface area contributed by atoms with Crippen molar-refractivity contribution in [1.29, 1.82) is 0 Å². The number of fused-ring (bicyclic) bond motifs is 1. The highest BCUT2D eigenvalue weighted by Gasteiger charge is 2.15. The largest absolute Gasteiger partial charge is 0.459 e. The van der Waals surface area contributed by atoms with Gasteiger partial charge in [0, 0.05) is 10.4 Å². The molecule has 0 spiro atoms. The number of halogens is 2. The first kappa shape index (κ1) is 13.2. The van der Waals surface area contributed by atoms with E-state index in [1.807, 2.05) is 25.1 Å². The van der Waals surface area contributed by atoms with E-state index in [1.165, 1.54) is 12.1 Å². The number of hydrogen-bond acceptors (Lipinski definition) is 2. The Morgan fingerprint density at radius 2 is 1.95 bits per heavy atom. The third-order valence-electron chi connectivity index (χ3n) is 3.23. The summed E-state index contributed by atoms with van der Waals surface area (Å²) in [5, 5.41) is 1.34. The molecule has 4 heteroatoms. The smallest absolute Gasteiger partial charge is 0.134 e. The van der Waals surface area contributed by atoms with Gasteiger partial charge in [0.15, 0.2) is 0 Å². The molecule has 0 bridgehead atoms. The lowest BCUT2D eigenvalue weighted by Crippen LogP contribution is -2.11. The molecule has 3 aromatic rings. The Kier molecular flexibility index (Phi) is 3.24. The molecule has 1 atom stereocenters. The molecule has 0 amide bonds. The average Bonchev–Trinajstić information content (AvgIpc) is 2.79. The Bertz CT molecular complexity index is 761. The molecule has 1 aromatic heterocycles. The second kappa shape index (κ2) is 4.93. The monoisotopic (exact) mass is 289 g/mol. The highest BCUT2D eigenvalue weighted by Crippen LogP contribution is 2.29. The molecule has 20 heavy (non-hydrogen) atoms. The van der Waals surface area contributed by atoms with Gasteiger partial charge in [-0.05, 0) is 54.4 Å². The predicted octanol–water partition coefficient (Wildman–Crippen LogP) is 4.58. The second-order valence-corrected chi connectivity index (χ2v) is 5.31. The Hall–Kier alpha value is -1.84. The summed E-state index contributed by atoms with van der Waals surface area (Å²) < 4.78 is 18.9. The van der Waals surface area contributed by atoms with Crippen molar-refractivity contribution in [2.45, 2.75) is 13.0 Å². The van der Waals surface area contributed by atoms with Crippen LogP contribution in [-0.2, 0) is 0 Å². The third-order valence-corrected chi connectivity index (χ3v) is 3.45. The molecular weight excluding hydrogens is 277 g/mol. The zero-order chi connectivity index (χ0) is 14.3. The van der Waals surface area contributed by atoms with Crippen molar-refractivity contribution in [3.05, 3.63) is 70.2 Å². The van der Waals surface area contributed by atoms with Crippen molar-refractivity contribution in [3.63, 3.8) is 0 Å². The van der Waals surface area contributed by atoms with Crippen LogP contribution in [0, 0.1) is 12.7 Å². The minimum Gasteiger partial charge on any atom is -0.459 e. The zero-order valence-electron chi connectivity index (χ0n) is 10.9. The van der Waals surface area contributed by atoms with E-state index in [2.05, 4.69) is 0 Å². The molecular formula is C16H13ClFNO. The fourth-order valence-corrected chi connectivity index (χ4v) is 2.59. The summed E-state index contributed by atoms with van der Waals surface area (Å²) >= 11 is 6.05. The van der Waals surface area contributed by atoms with Crippen LogP contribution < -0.4 is 5.73 Å². The van der Waals surface area contributed by atoms with Gasteiger partial charge in [-0.1, -0.05) is 17.7 Å². The van der Waals surface area contributed by atoms with E-state index in [-0.39, 0.29) is 5.82 Å². The van der Waals surface area contributed by atoms with Crippen LogP contribution in [0.3, 0.4) is 0 Å². The Morgan fingerprint density at radius 1 is 1.15 bits per heavy atom. The van der Waals surface area contributed by atoms with Gasteiger partial charge in [0.05, 0.1) is 6.04 Å². The van der Waals surface area contributed by atoms with Crippen molar-refractivity contribution in [1.82, 2.24) is 0 Å². The molecule has 2 aromatic carbocycles. The molecule has 3 rings (SSSR count). The van der Waals surface area contributed by atoms with Gasteiger partial charge in [-0.15, -0.1) is 0 Å². The lowest BCUT2D eigenvalue weighted by Gasteiger charge is -2.10. The van der Waals surface area contributed by atoms with Crippen LogP contribution in [0.1, 0.15) is 22.9 Å². The molecule has 0 aliphatic carbocycles. The van der Waals surface area contributed by atoms with E-state index in [4.69, 9.17) is 21.8 Å². The molecule has 2 N–H and O–H groups in total. The summed E-state index contributed by atoms with van der Waals surface area (Å²) in [6.07, 6.45) is 0. The first-order valence-corrected chi connectivity index (χ1v) is 6.62. The van der Waals surface area contributed by atoms with Crippen molar-refractivity contribution in [3.8, 4) is 0 Å². The van der Waals surface area contributed by atoms with E-state index in [0.29, 0.717) is 21.8 Å². The lowest BCUT2D eigenvalue weighted by molar-refractivity contribution is 0.524. The van der Waals surface area contributed by atoms with Crippen molar-refractivity contribution in [2.24, 2.45) is 5.73 Å². The van der Waals surface area contributed by atoms with Gasteiger partial charge in [-0.25, -0.2) is 4.39 Å². The van der Waals surface area contributed by atoms with E-state index in [9.17, 15) is 4.39 Å². The van der Waals surface area contributed by atoms with Crippen molar-refractivity contribution in [2.75, 3.05) is 0 Å². The van der Waals surface area contributed by atoms with Gasteiger partial charge in [-0.2, -0.15) is 0 Å². The third kappa shape index (κ3) is 2.42. The summed E-state index contributed by atoms with van der Waals surface area (Å²) in [7, 11) is 0. The fraction of sp³-hybridized carbons (Fsp3) is 0.125.